The minimum Gasteiger partial charge on any atom is -0.508 e. The molecule has 0 amide bonds. The van der Waals surface area contributed by atoms with Gasteiger partial charge in [0.1, 0.15) is 28.6 Å². The molecule has 0 radical (unpaired) electrons. The second kappa shape index (κ2) is 22.8. The van der Waals surface area contributed by atoms with Gasteiger partial charge in [0, 0.05) is 14.1 Å². The fraction of sp³-hybridized carbons (Fsp3) is 0.321. The van der Waals surface area contributed by atoms with E-state index in [2.05, 4.69) is 0 Å². The number of hydrogen-bond donors (Lipinski definition) is 3. The first-order valence-corrected chi connectivity index (χ1v) is 26.8. The van der Waals surface area contributed by atoms with Crippen molar-refractivity contribution in [3.8, 4) is 45.3 Å². The van der Waals surface area contributed by atoms with Crippen molar-refractivity contribution < 1.29 is 56.0 Å². The number of nitrogens with zero attached hydrogens (tertiary/aromatic N) is 2. The topological polar surface area (TPSA) is 197 Å². The summed E-state index contributed by atoms with van der Waals surface area (Å²) in [4.78, 5) is 23.6. The van der Waals surface area contributed by atoms with Crippen molar-refractivity contribution in [3.63, 3.8) is 0 Å². The Kier molecular flexibility index (Phi) is 16.8. The van der Waals surface area contributed by atoms with Gasteiger partial charge in [-0.1, -0.05) is 85.6 Å². The van der Waals surface area contributed by atoms with Crippen LogP contribution in [0.1, 0.15) is 93.6 Å². The highest BCUT2D eigenvalue weighted by molar-refractivity contribution is 7.89. The standard InChI is InChI=1S/C30H35NO6S.C26H27NO6S/c1-30(2,3)37-29(33)20-36-28-11-7-9-25-26(28)8-5-6-10-27(25)31(4)38(34,35)24-18-14-22(15-19-24)21-12-16-23(32)17-13-21;1-27(24-7-3-2-5-23-22(24)6-4-8-25(23)33-17-26(29)30)34(31,32)21-15-11-19(12-16-21)18-9-13-20(28)14-10-18/h7,9,11-19,27,32H,5-6,8,10,20H2,1-4H3;4,6,8-16,24,28H,2-3,5,7,17H2,1H3,(H,29,30). The summed E-state index contributed by atoms with van der Waals surface area (Å²) in [6, 6.07) is 37.3. The lowest BCUT2D eigenvalue weighted by molar-refractivity contribution is -0.157. The lowest BCUT2D eigenvalue weighted by Crippen LogP contribution is -2.31. The molecular formula is C56H62N2O12S2. The molecule has 8 rings (SSSR count). The Labute approximate surface area is 422 Å². The van der Waals surface area contributed by atoms with E-state index in [1.54, 1.807) is 144 Å². The number of phenols is 2. The molecule has 3 N–H and O–H groups in total. The van der Waals surface area contributed by atoms with Gasteiger partial charge in [0.05, 0.1) is 21.9 Å². The summed E-state index contributed by atoms with van der Waals surface area (Å²) in [6.07, 6.45) is 6.27. The number of hydrogen-bond acceptors (Lipinski definition) is 11. The average Bonchev–Trinajstić information content (AvgIpc) is 3.72. The monoisotopic (exact) mass is 1020 g/mol. The number of carboxylic acids is 1. The zero-order chi connectivity index (χ0) is 51.8. The van der Waals surface area contributed by atoms with Crippen molar-refractivity contribution in [3.05, 3.63) is 156 Å². The normalized spacial score (nSPS) is 16.0. The van der Waals surface area contributed by atoms with Crippen LogP contribution < -0.4 is 9.47 Å². The summed E-state index contributed by atoms with van der Waals surface area (Å²) in [5.74, 6) is -0.0736. The summed E-state index contributed by atoms with van der Waals surface area (Å²) in [7, 11) is -4.35. The summed E-state index contributed by atoms with van der Waals surface area (Å²) in [5.41, 5.74) is 6.43. The molecule has 0 saturated heterocycles. The molecule has 380 valence electrons. The van der Waals surface area contributed by atoms with Crippen molar-refractivity contribution in [1.29, 1.82) is 0 Å². The molecule has 0 fully saturated rings. The summed E-state index contributed by atoms with van der Waals surface area (Å²) < 4.78 is 74.0. The minimum absolute atomic E-state index is 0.171. The van der Waals surface area contributed by atoms with Gasteiger partial charge in [0.2, 0.25) is 20.0 Å². The van der Waals surface area contributed by atoms with Gasteiger partial charge in [0.15, 0.2) is 13.2 Å². The molecule has 0 aromatic heterocycles. The third-order valence-corrected chi connectivity index (χ3v) is 16.6. The first-order valence-electron chi connectivity index (χ1n) is 23.9. The number of aliphatic carboxylic acids is 1. The number of benzene rings is 6. The van der Waals surface area contributed by atoms with Gasteiger partial charge in [-0.25, -0.2) is 26.4 Å². The van der Waals surface area contributed by atoms with Gasteiger partial charge in [-0.3, -0.25) is 0 Å². The van der Waals surface area contributed by atoms with Gasteiger partial charge in [-0.05, 0) is 164 Å². The Morgan fingerprint density at radius 3 is 1.26 bits per heavy atom. The highest BCUT2D eigenvalue weighted by Crippen LogP contribution is 2.41. The molecule has 6 aromatic carbocycles. The molecule has 72 heavy (non-hydrogen) atoms. The summed E-state index contributed by atoms with van der Waals surface area (Å²) in [5, 5.41) is 28.0. The van der Waals surface area contributed by atoms with Crippen molar-refractivity contribution in [1.82, 2.24) is 8.61 Å². The number of carbonyl (C=O) groups is 2. The lowest BCUT2D eigenvalue weighted by atomic mass is 9.98. The molecule has 14 nitrogen and oxygen atoms in total. The third-order valence-electron chi connectivity index (χ3n) is 12.8. The van der Waals surface area contributed by atoms with E-state index in [1.807, 2.05) is 24.3 Å². The zero-order valence-corrected chi connectivity index (χ0v) is 42.8. The van der Waals surface area contributed by atoms with Crippen molar-refractivity contribution in [2.75, 3.05) is 27.3 Å². The summed E-state index contributed by atoms with van der Waals surface area (Å²) >= 11 is 0. The first kappa shape index (κ1) is 53.1. The van der Waals surface area contributed by atoms with Crippen LogP contribution in [-0.4, -0.2) is 85.6 Å². The van der Waals surface area contributed by atoms with Crippen LogP contribution in [0.5, 0.6) is 23.0 Å². The maximum Gasteiger partial charge on any atom is 0.344 e. The highest BCUT2D eigenvalue weighted by Gasteiger charge is 2.34. The number of fused-ring (bicyclic) bond motifs is 2. The summed E-state index contributed by atoms with van der Waals surface area (Å²) in [6.45, 7) is 4.77. The van der Waals surface area contributed by atoms with E-state index < -0.39 is 44.2 Å². The predicted octanol–water partition coefficient (Wildman–Crippen LogP) is 10.5. The fourth-order valence-electron chi connectivity index (χ4n) is 9.20. The number of ether oxygens (including phenoxy) is 3. The minimum atomic E-state index is -3.78. The number of phenolic OH excluding ortho intramolecular Hbond substituents is 2. The maximum absolute atomic E-state index is 13.7. The first-order chi connectivity index (χ1) is 34.2. The van der Waals surface area contributed by atoms with E-state index in [-0.39, 0.29) is 40.0 Å². The Morgan fingerprint density at radius 2 is 0.903 bits per heavy atom. The van der Waals surface area contributed by atoms with E-state index >= 15 is 0 Å². The zero-order valence-electron chi connectivity index (χ0n) is 41.2. The van der Waals surface area contributed by atoms with Gasteiger partial charge in [-0.15, -0.1) is 0 Å². The van der Waals surface area contributed by atoms with Gasteiger partial charge >= 0.3 is 11.9 Å². The van der Waals surface area contributed by atoms with Crippen LogP contribution in [0.2, 0.25) is 0 Å². The van der Waals surface area contributed by atoms with Crippen LogP contribution in [-0.2, 0) is 47.2 Å². The molecule has 0 bridgehead atoms. The van der Waals surface area contributed by atoms with Gasteiger partial charge < -0.3 is 29.5 Å². The van der Waals surface area contributed by atoms with Crippen LogP contribution in [0.25, 0.3) is 22.3 Å². The molecule has 0 saturated carbocycles. The molecule has 0 aliphatic heterocycles. The van der Waals surface area contributed by atoms with Crippen LogP contribution in [0.3, 0.4) is 0 Å². The van der Waals surface area contributed by atoms with Gasteiger partial charge in [-0.2, -0.15) is 8.61 Å². The van der Waals surface area contributed by atoms with Crippen LogP contribution in [0.4, 0.5) is 0 Å². The van der Waals surface area contributed by atoms with E-state index in [9.17, 15) is 36.6 Å². The molecule has 0 heterocycles. The number of carboxylic acid groups (broad SMARTS) is 1. The molecule has 6 aromatic rings. The highest BCUT2D eigenvalue weighted by atomic mass is 32.2. The van der Waals surface area contributed by atoms with Crippen molar-refractivity contribution in [2.45, 2.75) is 99.6 Å². The maximum atomic E-state index is 13.7. The van der Waals surface area contributed by atoms with E-state index in [1.165, 1.54) is 8.61 Å². The Balaban J connectivity index is 0.000000213. The molecule has 2 atom stereocenters. The molecule has 2 aliphatic carbocycles. The third kappa shape index (κ3) is 12.8. The Morgan fingerprint density at radius 1 is 0.542 bits per heavy atom. The predicted molar refractivity (Wildman–Crippen MR) is 275 cm³/mol. The van der Waals surface area contributed by atoms with Crippen LogP contribution in [0, 0.1) is 0 Å². The second-order valence-corrected chi connectivity index (χ2v) is 22.9. The molecule has 2 unspecified atom stereocenters. The smallest absolute Gasteiger partial charge is 0.344 e. The van der Waals surface area contributed by atoms with Crippen LogP contribution in [0.15, 0.2) is 143 Å². The van der Waals surface area contributed by atoms with E-state index in [4.69, 9.17) is 19.3 Å². The molecule has 16 heteroatoms. The Bertz CT molecular complexity index is 3060. The van der Waals surface area contributed by atoms with E-state index in [0.717, 1.165) is 76.6 Å². The second-order valence-electron chi connectivity index (χ2n) is 18.9. The average molecular weight is 1020 g/mol. The fourth-order valence-corrected chi connectivity index (χ4v) is 11.9. The van der Waals surface area contributed by atoms with Crippen molar-refractivity contribution >= 4 is 32.0 Å². The molecule has 0 spiro atoms. The Hall–Kier alpha value is -6.72. The number of rotatable bonds is 14. The lowest BCUT2D eigenvalue weighted by Gasteiger charge is -2.29. The number of carbonyl (C=O) groups excluding carboxylic acids is 1. The number of sulfonamides is 2. The molecule has 2 aliphatic rings. The largest absolute Gasteiger partial charge is 0.508 e. The quantitative estimate of drug-likeness (QED) is 0.0691. The van der Waals surface area contributed by atoms with Crippen molar-refractivity contribution in [2.24, 2.45) is 0 Å². The molecular weight excluding hydrogens is 957 g/mol. The number of esters is 1. The van der Waals surface area contributed by atoms with Crippen LogP contribution >= 0.6 is 0 Å². The van der Waals surface area contributed by atoms with Gasteiger partial charge in [0.25, 0.3) is 0 Å². The number of aromatic hydroxyl groups is 2. The SMILES string of the molecule is CN(C1CCCCc2c(OCC(=O)O)cccc21)S(=O)(=O)c1ccc(-c2ccc(O)cc2)cc1.CN(C1CCCCc2c(OCC(=O)OC(C)(C)C)cccc21)S(=O)(=O)c1ccc(-c2ccc(O)cc2)cc1. The van der Waals surface area contributed by atoms with E-state index in [0.29, 0.717) is 30.8 Å².